The third-order valence-electron chi connectivity index (χ3n) is 3.48. The number of hydrogen-bond acceptors (Lipinski definition) is 3. The van der Waals surface area contributed by atoms with Gasteiger partial charge in [-0.25, -0.2) is 9.18 Å². The molecule has 0 fully saturated rings. The van der Waals surface area contributed by atoms with Gasteiger partial charge in [0.2, 0.25) is 5.91 Å². The zero-order chi connectivity index (χ0) is 17.4. The molecule has 1 atom stereocenters. The van der Waals surface area contributed by atoms with Crippen LogP contribution in [0.3, 0.4) is 0 Å². The SMILES string of the molecule is COC(=O)NCC(=O)NC(Cc1ccccc1)c1ccccc1F. The van der Waals surface area contributed by atoms with Crippen LogP contribution in [0.4, 0.5) is 9.18 Å². The Kier molecular flexibility index (Phi) is 6.31. The van der Waals surface area contributed by atoms with Crippen molar-refractivity contribution in [3.05, 3.63) is 71.5 Å². The average Bonchev–Trinajstić information content (AvgIpc) is 2.60. The Bertz CT molecular complexity index is 692. The Morgan fingerprint density at radius 2 is 1.75 bits per heavy atom. The van der Waals surface area contributed by atoms with Crippen molar-refractivity contribution in [2.75, 3.05) is 13.7 Å². The number of amides is 2. The number of nitrogens with one attached hydrogen (secondary N) is 2. The minimum absolute atomic E-state index is 0.244. The van der Waals surface area contributed by atoms with E-state index in [-0.39, 0.29) is 12.4 Å². The zero-order valence-corrected chi connectivity index (χ0v) is 13.3. The standard InChI is InChI=1S/C18H19FN2O3/c1-24-18(23)20-12-17(22)21-16(11-13-7-3-2-4-8-13)14-9-5-6-10-15(14)19/h2-10,16H,11-12H2,1H3,(H,20,23)(H,21,22). The molecule has 2 aromatic carbocycles. The highest BCUT2D eigenvalue weighted by atomic mass is 19.1. The number of hydrogen-bond donors (Lipinski definition) is 2. The summed E-state index contributed by atoms with van der Waals surface area (Å²) in [5.74, 6) is -0.816. The van der Waals surface area contributed by atoms with Crippen LogP contribution in [0.1, 0.15) is 17.2 Å². The molecule has 0 aliphatic carbocycles. The summed E-state index contributed by atoms with van der Waals surface area (Å²) in [6.45, 7) is -0.244. The molecule has 6 heteroatoms. The molecule has 1 unspecified atom stereocenters. The normalized spacial score (nSPS) is 11.4. The molecule has 5 nitrogen and oxygen atoms in total. The van der Waals surface area contributed by atoms with E-state index in [2.05, 4.69) is 15.4 Å². The molecule has 0 spiro atoms. The van der Waals surface area contributed by atoms with Gasteiger partial charge in [0.25, 0.3) is 0 Å². The second kappa shape index (κ2) is 8.67. The van der Waals surface area contributed by atoms with Crippen LogP contribution in [-0.4, -0.2) is 25.7 Å². The van der Waals surface area contributed by atoms with Gasteiger partial charge < -0.3 is 15.4 Å². The molecule has 0 aliphatic rings. The first-order valence-electron chi connectivity index (χ1n) is 7.49. The predicted molar refractivity (Wildman–Crippen MR) is 87.8 cm³/mol. The largest absolute Gasteiger partial charge is 0.453 e. The molecule has 24 heavy (non-hydrogen) atoms. The maximum atomic E-state index is 14.1. The van der Waals surface area contributed by atoms with Crippen molar-refractivity contribution < 1.29 is 18.7 Å². The Hall–Kier alpha value is -2.89. The maximum Gasteiger partial charge on any atom is 0.407 e. The van der Waals surface area contributed by atoms with Crippen LogP contribution in [0.25, 0.3) is 0 Å². The third kappa shape index (κ3) is 5.08. The predicted octanol–water partition coefficient (Wildman–Crippen LogP) is 2.58. The molecular weight excluding hydrogens is 311 g/mol. The maximum absolute atomic E-state index is 14.1. The smallest absolute Gasteiger partial charge is 0.407 e. The number of methoxy groups -OCH3 is 1. The number of carbonyl (C=O) groups is 2. The van der Waals surface area contributed by atoms with Gasteiger partial charge in [-0.3, -0.25) is 4.79 Å². The zero-order valence-electron chi connectivity index (χ0n) is 13.3. The van der Waals surface area contributed by atoms with E-state index < -0.39 is 18.0 Å². The minimum Gasteiger partial charge on any atom is -0.453 e. The number of alkyl carbamates (subject to hydrolysis) is 1. The van der Waals surface area contributed by atoms with E-state index in [0.29, 0.717) is 12.0 Å². The summed E-state index contributed by atoms with van der Waals surface area (Å²) in [4.78, 5) is 23.1. The molecule has 0 radical (unpaired) electrons. The topological polar surface area (TPSA) is 67.4 Å². The first-order chi connectivity index (χ1) is 11.6. The Balaban J connectivity index is 2.12. The van der Waals surface area contributed by atoms with Crippen LogP contribution < -0.4 is 10.6 Å². The van der Waals surface area contributed by atoms with Crippen LogP contribution in [0.15, 0.2) is 54.6 Å². The van der Waals surface area contributed by atoms with Crippen molar-refractivity contribution in [2.24, 2.45) is 0 Å². The van der Waals surface area contributed by atoms with Gasteiger partial charge >= 0.3 is 6.09 Å². The molecule has 0 aromatic heterocycles. The fourth-order valence-corrected chi connectivity index (χ4v) is 2.32. The van der Waals surface area contributed by atoms with Crippen LogP contribution in [0.5, 0.6) is 0 Å². The lowest BCUT2D eigenvalue weighted by atomic mass is 9.98. The lowest BCUT2D eigenvalue weighted by Gasteiger charge is -2.20. The van der Waals surface area contributed by atoms with Crippen LogP contribution in [-0.2, 0) is 16.0 Å². The van der Waals surface area contributed by atoms with Crippen molar-refractivity contribution in [1.82, 2.24) is 10.6 Å². The van der Waals surface area contributed by atoms with E-state index in [1.165, 1.54) is 13.2 Å². The van der Waals surface area contributed by atoms with Gasteiger partial charge in [-0.2, -0.15) is 0 Å². The van der Waals surface area contributed by atoms with Crippen molar-refractivity contribution in [2.45, 2.75) is 12.5 Å². The number of ether oxygens (including phenoxy) is 1. The fraction of sp³-hybridized carbons (Fsp3) is 0.222. The van der Waals surface area contributed by atoms with Gasteiger partial charge in [0.05, 0.1) is 13.2 Å². The van der Waals surface area contributed by atoms with E-state index in [1.54, 1.807) is 18.2 Å². The summed E-state index contributed by atoms with van der Waals surface area (Å²) >= 11 is 0. The quantitative estimate of drug-likeness (QED) is 0.855. The lowest BCUT2D eigenvalue weighted by Crippen LogP contribution is -2.39. The highest BCUT2D eigenvalue weighted by molar-refractivity contribution is 5.82. The Morgan fingerprint density at radius 3 is 2.42 bits per heavy atom. The van der Waals surface area contributed by atoms with Gasteiger partial charge in [-0.05, 0) is 18.1 Å². The molecule has 2 aromatic rings. The van der Waals surface area contributed by atoms with Crippen molar-refractivity contribution in [3.8, 4) is 0 Å². The Labute approximate surface area is 139 Å². The molecule has 2 rings (SSSR count). The highest BCUT2D eigenvalue weighted by Crippen LogP contribution is 2.21. The Morgan fingerprint density at radius 1 is 1.08 bits per heavy atom. The van der Waals surface area contributed by atoms with Crippen molar-refractivity contribution in [1.29, 1.82) is 0 Å². The van der Waals surface area contributed by atoms with Crippen LogP contribution >= 0.6 is 0 Å². The van der Waals surface area contributed by atoms with E-state index in [9.17, 15) is 14.0 Å². The van der Waals surface area contributed by atoms with Crippen LogP contribution in [0.2, 0.25) is 0 Å². The number of halogens is 1. The first kappa shape index (κ1) is 17.5. The van der Waals surface area contributed by atoms with E-state index in [4.69, 9.17) is 0 Å². The van der Waals surface area contributed by atoms with E-state index >= 15 is 0 Å². The second-order valence-corrected chi connectivity index (χ2v) is 5.18. The van der Waals surface area contributed by atoms with E-state index in [1.807, 2.05) is 30.3 Å². The molecule has 0 saturated heterocycles. The molecule has 0 bridgehead atoms. The summed E-state index contributed by atoms with van der Waals surface area (Å²) in [6.07, 6.45) is -0.262. The molecule has 2 amide bonds. The minimum atomic E-state index is -0.698. The van der Waals surface area contributed by atoms with Crippen LogP contribution in [0, 0.1) is 5.82 Å². The summed E-state index contributed by atoms with van der Waals surface area (Å²) < 4.78 is 18.5. The molecular formula is C18H19FN2O3. The van der Waals surface area contributed by atoms with Gasteiger partial charge in [-0.15, -0.1) is 0 Å². The summed E-state index contributed by atoms with van der Waals surface area (Å²) in [5.41, 5.74) is 1.36. The summed E-state index contributed by atoms with van der Waals surface area (Å²) in [7, 11) is 1.21. The molecule has 0 saturated carbocycles. The van der Waals surface area contributed by atoms with Crippen molar-refractivity contribution >= 4 is 12.0 Å². The third-order valence-corrected chi connectivity index (χ3v) is 3.48. The fourth-order valence-electron chi connectivity index (χ4n) is 2.32. The van der Waals surface area contributed by atoms with Gasteiger partial charge in [0.15, 0.2) is 0 Å². The monoisotopic (exact) mass is 330 g/mol. The number of benzene rings is 2. The second-order valence-electron chi connectivity index (χ2n) is 5.18. The van der Waals surface area contributed by atoms with Crippen molar-refractivity contribution in [3.63, 3.8) is 0 Å². The number of rotatable bonds is 6. The number of carbonyl (C=O) groups excluding carboxylic acids is 2. The molecule has 0 heterocycles. The molecule has 126 valence electrons. The molecule has 0 aliphatic heterocycles. The lowest BCUT2D eigenvalue weighted by molar-refractivity contribution is -0.120. The van der Waals surface area contributed by atoms with Gasteiger partial charge in [-0.1, -0.05) is 48.5 Å². The van der Waals surface area contributed by atoms with Gasteiger partial charge in [0, 0.05) is 5.56 Å². The highest BCUT2D eigenvalue weighted by Gasteiger charge is 2.18. The first-order valence-corrected chi connectivity index (χ1v) is 7.49. The van der Waals surface area contributed by atoms with Gasteiger partial charge in [0.1, 0.15) is 12.4 Å². The van der Waals surface area contributed by atoms with E-state index in [0.717, 1.165) is 5.56 Å². The molecule has 2 N–H and O–H groups in total. The summed E-state index contributed by atoms with van der Waals surface area (Å²) in [5, 5.41) is 5.05. The summed E-state index contributed by atoms with van der Waals surface area (Å²) in [6, 6.07) is 15.2. The average molecular weight is 330 g/mol.